The highest BCUT2D eigenvalue weighted by molar-refractivity contribution is 5.89. The Kier molecular flexibility index (Phi) is 4.88. The fourth-order valence-electron chi connectivity index (χ4n) is 2.41. The van der Waals surface area contributed by atoms with Crippen molar-refractivity contribution in [2.45, 2.75) is 64.2 Å². The smallest absolute Gasteiger partial charge is 0.338 e. The van der Waals surface area contributed by atoms with Crippen molar-refractivity contribution in [2.75, 3.05) is 0 Å². The molecule has 2 N–H and O–H groups in total. The van der Waals surface area contributed by atoms with Crippen LogP contribution >= 0.6 is 0 Å². The number of carbonyl (C=O) groups is 1. The Morgan fingerprint density at radius 1 is 1.10 bits per heavy atom. The SMILES string of the molecule is CC(C)(C)OC(=O)c1ccc(O[C@H]2CC[C@H](N)CC2)cc1. The normalized spacial score (nSPS) is 22.7. The first kappa shape index (κ1) is 15.8. The van der Waals surface area contributed by atoms with Gasteiger partial charge in [-0.05, 0) is 70.7 Å². The molecule has 0 bridgehead atoms. The first-order valence-electron chi connectivity index (χ1n) is 7.59. The molecule has 0 aliphatic heterocycles. The number of nitrogens with two attached hydrogens (primary N) is 1. The third-order valence-corrected chi connectivity index (χ3v) is 3.51. The number of hydrogen-bond acceptors (Lipinski definition) is 4. The monoisotopic (exact) mass is 291 g/mol. The molecule has 21 heavy (non-hydrogen) atoms. The molecule has 1 aliphatic rings. The fourth-order valence-corrected chi connectivity index (χ4v) is 2.41. The third kappa shape index (κ3) is 5.05. The van der Waals surface area contributed by atoms with Crippen molar-refractivity contribution in [1.82, 2.24) is 0 Å². The van der Waals surface area contributed by atoms with Crippen molar-refractivity contribution in [3.8, 4) is 5.75 Å². The van der Waals surface area contributed by atoms with E-state index in [-0.39, 0.29) is 12.1 Å². The zero-order chi connectivity index (χ0) is 15.5. The minimum atomic E-state index is -0.479. The molecule has 1 aromatic rings. The van der Waals surface area contributed by atoms with E-state index in [0.29, 0.717) is 11.6 Å². The highest BCUT2D eigenvalue weighted by Gasteiger charge is 2.20. The zero-order valence-electron chi connectivity index (χ0n) is 13.1. The molecule has 0 amide bonds. The molecule has 1 saturated carbocycles. The average Bonchev–Trinajstić information content (AvgIpc) is 2.40. The summed E-state index contributed by atoms with van der Waals surface area (Å²) < 4.78 is 11.3. The van der Waals surface area contributed by atoms with Crippen LogP contribution in [0.2, 0.25) is 0 Å². The maximum atomic E-state index is 11.9. The Morgan fingerprint density at radius 3 is 2.19 bits per heavy atom. The van der Waals surface area contributed by atoms with Crippen LogP contribution in [-0.2, 0) is 4.74 Å². The summed E-state index contributed by atoms with van der Waals surface area (Å²) in [7, 11) is 0. The number of carbonyl (C=O) groups excluding carboxylic acids is 1. The van der Waals surface area contributed by atoms with Crippen molar-refractivity contribution >= 4 is 5.97 Å². The quantitative estimate of drug-likeness (QED) is 0.868. The van der Waals surface area contributed by atoms with Gasteiger partial charge in [-0.25, -0.2) is 4.79 Å². The van der Waals surface area contributed by atoms with E-state index in [4.69, 9.17) is 15.2 Å². The van der Waals surface area contributed by atoms with Crippen LogP contribution in [-0.4, -0.2) is 23.7 Å². The van der Waals surface area contributed by atoms with Crippen LogP contribution < -0.4 is 10.5 Å². The Hall–Kier alpha value is -1.55. The highest BCUT2D eigenvalue weighted by Crippen LogP contribution is 2.23. The predicted octanol–water partition coefficient (Wildman–Crippen LogP) is 3.29. The Bertz CT molecular complexity index is 468. The maximum absolute atomic E-state index is 11.9. The lowest BCUT2D eigenvalue weighted by Gasteiger charge is -2.26. The van der Waals surface area contributed by atoms with E-state index in [1.165, 1.54) is 0 Å². The van der Waals surface area contributed by atoms with Crippen molar-refractivity contribution in [3.63, 3.8) is 0 Å². The van der Waals surface area contributed by atoms with E-state index in [0.717, 1.165) is 31.4 Å². The van der Waals surface area contributed by atoms with Gasteiger partial charge in [0.2, 0.25) is 0 Å². The van der Waals surface area contributed by atoms with Gasteiger partial charge < -0.3 is 15.2 Å². The first-order valence-corrected chi connectivity index (χ1v) is 7.59. The molecular weight excluding hydrogens is 266 g/mol. The van der Waals surface area contributed by atoms with E-state index in [2.05, 4.69) is 0 Å². The molecule has 1 aliphatic carbocycles. The van der Waals surface area contributed by atoms with Crippen molar-refractivity contribution in [1.29, 1.82) is 0 Å². The highest BCUT2D eigenvalue weighted by atomic mass is 16.6. The van der Waals surface area contributed by atoms with Crippen LogP contribution in [0.1, 0.15) is 56.8 Å². The van der Waals surface area contributed by atoms with E-state index in [9.17, 15) is 4.79 Å². The van der Waals surface area contributed by atoms with Gasteiger partial charge in [0.15, 0.2) is 0 Å². The van der Waals surface area contributed by atoms with Gasteiger partial charge in [-0.1, -0.05) is 0 Å². The van der Waals surface area contributed by atoms with Gasteiger partial charge in [0.05, 0.1) is 11.7 Å². The Balaban J connectivity index is 1.91. The van der Waals surface area contributed by atoms with Gasteiger partial charge in [-0.15, -0.1) is 0 Å². The molecule has 2 rings (SSSR count). The summed E-state index contributed by atoms with van der Waals surface area (Å²) in [6.45, 7) is 5.57. The molecule has 0 atom stereocenters. The zero-order valence-corrected chi connectivity index (χ0v) is 13.1. The maximum Gasteiger partial charge on any atom is 0.338 e. The number of ether oxygens (including phenoxy) is 2. The average molecular weight is 291 g/mol. The van der Waals surface area contributed by atoms with E-state index < -0.39 is 5.60 Å². The summed E-state index contributed by atoms with van der Waals surface area (Å²) in [6.07, 6.45) is 4.25. The van der Waals surface area contributed by atoms with Gasteiger partial charge in [0, 0.05) is 6.04 Å². The number of esters is 1. The van der Waals surface area contributed by atoms with Gasteiger partial charge in [-0.2, -0.15) is 0 Å². The molecular formula is C17H25NO3. The molecule has 0 heterocycles. The van der Waals surface area contributed by atoms with Crippen molar-refractivity contribution < 1.29 is 14.3 Å². The van der Waals surface area contributed by atoms with Crippen LogP contribution in [0.5, 0.6) is 5.75 Å². The van der Waals surface area contributed by atoms with Crippen LogP contribution in [0.25, 0.3) is 0 Å². The molecule has 1 fully saturated rings. The molecule has 4 heteroatoms. The molecule has 116 valence electrons. The lowest BCUT2D eigenvalue weighted by atomic mass is 9.94. The van der Waals surface area contributed by atoms with Crippen LogP contribution in [0.4, 0.5) is 0 Å². The fraction of sp³-hybridized carbons (Fsp3) is 0.588. The molecule has 0 aromatic heterocycles. The van der Waals surface area contributed by atoms with E-state index in [1.54, 1.807) is 12.1 Å². The Labute approximate surface area is 126 Å². The number of benzene rings is 1. The standard InChI is InChI=1S/C17H25NO3/c1-17(2,3)21-16(19)12-4-8-14(9-5-12)20-15-10-6-13(18)7-11-15/h4-5,8-9,13,15H,6-7,10-11,18H2,1-3H3/t13-,15-. The van der Waals surface area contributed by atoms with E-state index >= 15 is 0 Å². The second kappa shape index (κ2) is 6.48. The predicted molar refractivity (Wildman–Crippen MR) is 82.5 cm³/mol. The summed E-state index contributed by atoms with van der Waals surface area (Å²) in [5.41, 5.74) is 5.95. The summed E-state index contributed by atoms with van der Waals surface area (Å²) in [5.74, 6) is 0.487. The second-order valence-electron chi connectivity index (χ2n) is 6.68. The van der Waals surface area contributed by atoms with Crippen LogP contribution in [0, 0.1) is 0 Å². The minimum Gasteiger partial charge on any atom is -0.490 e. The first-order chi connectivity index (χ1) is 9.83. The molecule has 0 saturated heterocycles. The number of hydrogen-bond donors (Lipinski definition) is 1. The van der Waals surface area contributed by atoms with Gasteiger partial charge >= 0.3 is 5.97 Å². The minimum absolute atomic E-state index is 0.233. The largest absolute Gasteiger partial charge is 0.490 e. The molecule has 1 aromatic carbocycles. The Morgan fingerprint density at radius 2 is 1.67 bits per heavy atom. The summed E-state index contributed by atoms with van der Waals surface area (Å²) in [5, 5.41) is 0. The second-order valence-corrected chi connectivity index (χ2v) is 6.68. The van der Waals surface area contributed by atoms with Crippen molar-refractivity contribution in [2.24, 2.45) is 5.73 Å². The third-order valence-electron chi connectivity index (χ3n) is 3.51. The molecule has 4 nitrogen and oxygen atoms in total. The summed E-state index contributed by atoms with van der Waals surface area (Å²) in [4.78, 5) is 11.9. The molecule has 0 spiro atoms. The van der Waals surface area contributed by atoms with E-state index in [1.807, 2.05) is 32.9 Å². The number of rotatable bonds is 3. The summed E-state index contributed by atoms with van der Waals surface area (Å²) in [6, 6.07) is 7.47. The van der Waals surface area contributed by atoms with Gasteiger partial charge in [0.1, 0.15) is 11.4 Å². The van der Waals surface area contributed by atoms with Gasteiger partial charge in [0.25, 0.3) is 0 Å². The lowest BCUT2D eigenvalue weighted by Crippen LogP contribution is -2.31. The van der Waals surface area contributed by atoms with Gasteiger partial charge in [-0.3, -0.25) is 0 Å². The molecule has 0 radical (unpaired) electrons. The van der Waals surface area contributed by atoms with Crippen LogP contribution in [0.3, 0.4) is 0 Å². The summed E-state index contributed by atoms with van der Waals surface area (Å²) >= 11 is 0. The van der Waals surface area contributed by atoms with Crippen molar-refractivity contribution in [3.05, 3.63) is 29.8 Å². The lowest BCUT2D eigenvalue weighted by molar-refractivity contribution is 0.00695. The molecule has 0 unspecified atom stereocenters. The topological polar surface area (TPSA) is 61.5 Å². The van der Waals surface area contributed by atoms with Crippen LogP contribution in [0.15, 0.2) is 24.3 Å².